The van der Waals surface area contributed by atoms with Gasteiger partial charge in [0.15, 0.2) is 0 Å². The van der Waals surface area contributed by atoms with Gasteiger partial charge < -0.3 is 15.3 Å². The zero-order valence-corrected chi connectivity index (χ0v) is 9.75. The second-order valence-corrected chi connectivity index (χ2v) is 4.53. The third-order valence-corrected chi connectivity index (χ3v) is 3.09. The molecule has 2 amide bonds. The summed E-state index contributed by atoms with van der Waals surface area (Å²) in [5, 5.41) is 10.9. The number of amides is 2. The molecule has 0 radical (unpaired) electrons. The molecule has 90 valence electrons. The lowest BCUT2D eigenvalue weighted by Gasteiger charge is -2.14. The van der Waals surface area contributed by atoms with E-state index >= 15 is 0 Å². The molecule has 1 aliphatic rings. The molecule has 1 fully saturated rings. The van der Waals surface area contributed by atoms with Gasteiger partial charge in [0.1, 0.15) is 6.04 Å². The Bertz CT molecular complexity index is 308. The lowest BCUT2D eigenvalue weighted by Crippen LogP contribution is -2.40. The van der Waals surface area contributed by atoms with Crippen LogP contribution in [-0.4, -0.2) is 52.0 Å². The highest BCUT2D eigenvalue weighted by molar-refractivity contribution is 8.13. The molecule has 1 unspecified atom stereocenters. The van der Waals surface area contributed by atoms with Gasteiger partial charge in [-0.05, 0) is 6.92 Å². The van der Waals surface area contributed by atoms with Gasteiger partial charge >= 0.3 is 5.97 Å². The molecule has 16 heavy (non-hydrogen) atoms. The van der Waals surface area contributed by atoms with Crippen LogP contribution in [0.5, 0.6) is 0 Å². The maximum absolute atomic E-state index is 11.3. The van der Waals surface area contributed by atoms with Crippen LogP contribution in [0.1, 0.15) is 13.3 Å². The van der Waals surface area contributed by atoms with E-state index in [0.717, 1.165) is 5.75 Å². The van der Waals surface area contributed by atoms with Crippen LogP contribution in [0.3, 0.4) is 0 Å². The van der Waals surface area contributed by atoms with E-state index in [-0.39, 0.29) is 17.6 Å². The zero-order valence-electron chi connectivity index (χ0n) is 8.93. The van der Waals surface area contributed by atoms with Gasteiger partial charge in [0.2, 0.25) is 5.91 Å². The first-order valence-electron chi connectivity index (χ1n) is 4.94. The first-order valence-corrected chi connectivity index (χ1v) is 5.93. The number of hydrogen-bond donors (Lipinski definition) is 2. The van der Waals surface area contributed by atoms with Crippen molar-refractivity contribution in [3.8, 4) is 0 Å². The molecule has 0 aliphatic carbocycles. The molecule has 0 saturated carbocycles. The fraction of sp³-hybridized carbons (Fsp3) is 0.667. The number of carbonyl (C=O) groups excluding carboxylic acids is 2. The van der Waals surface area contributed by atoms with E-state index in [0.29, 0.717) is 13.1 Å². The second-order valence-electron chi connectivity index (χ2n) is 3.48. The molecular weight excluding hydrogens is 232 g/mol. The maximum Gasteiger partial charge on any atom is 0.325 e. The van der Waals surface area contributed by atoms with Crippen molar-refractivity contribution in [2.45, 2.75) is 19.4 Å². The number of carbonyl (C=O) groups is 3. The summed E-state index contributed by atoms with van der Waals surface area (Å²) in [4.78, 5) is 34.5. The van der Waals surface area contributed by atoms with Crippen molar-refractivity contribution >= 4 is 28.9 Å². The minimum absolute atomic E-state index is 0.0147. The lowest BCUT2D eigenvalue weighted by atomic mass is 10.3. The minimum Gasteiger partial charge on any atom is -0.480 e. The van der Waals surface area contributed by atoms with Crippen molar-refractivity contribution in [2.24, 2.45) is 0 Å². The highest BCUT2D eigenvalue weighted by atomic mass is 32.2. The Balaban J connectivity index is 2.24. The summed E-state index contributed by atoms with van der Waals surface area (Å²) in [7, 11) is 0. The Kier molecular flexibility index (Phi) is 4.60. The van der Waals surface area contributed by atoms with Crippen LogP contribution >= 0.6 is 11.8 Å². The number of nitrogens with one attached hydrogen (secondary N) is 1. The van der Waals surface area contributed by atoms with E-state index < -0.39 is 12.0 Å². The normalized spacial score (nSPS) is 17.3. The number of hydrogen-bond acceptors (Lipinski definition) is 4. The summed E-state index contributed by atoms with van der Waals surface area (Å²) < 4.78 is 0. The predicted molar refractivity (Wildman–Crippen MR) is 59.3 cm³/mol. The summed E-state index contributed by atoms with van der Waals surface area (Å²) in [6, 6.07) is -0.892. The smallest absolute Gasteiger partial charge is 0.325 e. The number of nitrogens with zero attached hydrogens (tertiary/aromatic N) is 1. The number of thioether (sulfide) groups is 1. The third-order valence-electron chi connectivity index (χ3n) is 2.20. The van der Waals surface area contributed by atoms with Gasteiger partial charge in [-0.25, -0.2) is 0 Å². The highest BCUT2D eigenvalue weighted by Crippen LogP contribution is 2.16. The van der Waals surface area contributed by atoms with E-state index in [1.54, 1.807) is 4.90 Å². The van der Waals surface area contributed by atoms with Crippen molar-refractivity contribution in [3.05, 3.63) is 0 Å². The van der Waals surface area contributed by atoms with Crippen LogP contribution < -0.4 is 5.32 Å². The molecule has 0 bridgehead atoms. The minimum atomic E-state index is -1.07. The number of aliphatic carboxylic acids is 1. The largest absolute Gasteiger partial charge is 0.480 e. The fourth-order valence-corrected chi connectivity index (χ4v) is 2.09. The highest BCUT2D eigenvalue weighted by Gasteiger charge is 2.22. The van der Waals surface area contributed by atoms with Crippen LogP contribution in [0.25, 0.3) is 0 Å². The van der Waals surface area contributed by atoms with Crippen LogP contribution in [0.4, 0.5) is 4.79 Å². The predicted octanol–water partition coefficient (Wildman–Crippen LogP) is 0.135. The average molecular weight is 246 g/mol. The Morgan fingerprint density at radius 1 is 1.62 bits per heavy atom. The Labute approximate surface area is 97.4 Å². The molecular formula is C9H14N2O4S. The Morgan fingerprint density at radius 2 is 2.31 bits per heavy atom. The third kappa shape index (κ3) is 3.73. The SMILES string of the molecule is CC(NC(=O)CCN1CCSC1=O)C(=O)O. The van der Waals surface area contributed by atoms with E-state index in [9.17, 15) is 14.4 Å². The molecule has 0 aromatic heterocycles. The summed E-state index contributed by atoms with van der Waals surface area (Å²) in [6.45, 7) is 2.41. The van der Waals surface area contributed by atoms with Gasteiger partial charge in [-0.2, -0.15) is 0 Å². The number of rotatable bonds is 5. The molecule has 1 saturated heterocycles. The molecule has 6 nitrogen and oxygen atoms in total. The van der Waals surface area contributed by atoms with Gasteiger partial charge in [-0.1, -0.05) is 11.8 Å². The van der Waals surface area contributed by atoms with E-state index in [1.807, 2.05) is 0 Å². The molecule has 1 atom stereocenters. The van der Waals surface area contributed by atoms with Crippen molar-refractivity contribution < 1.29 is 19.5 Å². The maximum atomic E-state index is 11.3. The van der Waals surface area contributed by atoms with Crippen LogP contribution in [0.2, 0.25) is 0 Å². The first kappa shape index (κ1) is 12.8. The van der Waals surface area contributed by atoms with E-state index in [2.05, 4.69) is 5.32 Å². The molecule has 7 heteroatoms. The first-order chi connectivity index (χ1) is 7.50. The summed E-state index contributed by atoms with van der Waals surface area (Å²) in [5.74, 6) is -0.660. The van der Waals surface area contributed by atoms with E-state index in [4.69, 9.17) is 5.11 Å². The summed E-state index contributed by atoms with van der Waals surface area (Å²) in [6.07, 6.45) is 0.143. The molecule has 2 N–H and O–H groups in total. The average Bonchev–Trinajstić information content (AvgIpc) is 2.61. The van der Waals surface area contributed by atoms with Crippen LogP contribution in [-0.2, 0) is 9.59 Å². The molecule has 1 aliphatic heterocycles. The van der Waals surface area contributed by atoms with Gasteiger partial charge in [0.05, 0.1) is 0 Å². The van der Waals surface area contributed by atoms with Crippen LogP contribution in [0.15, 0.2) is 0 Å². The molecule has 0 aromatic carbocycles. The van der Waals surface area contributed by atoms with Gasteiger partial charge in [-0.3, -0.25) is 14.4 Å². The Morgan fingerprint density at radius 3 is 2.81 bits per heavy atom. The van der Waals surface area contributed by atoms with Crippen molar-refractivity contribution in [1.82, 2.24) is 10.2 Å². The zero-order chi connectivity index (χ0) is 12.1. The molecule has 1 rings (SSSR count). The molecule has 0 aromatic rings. The monoisotopic (exact) mass is 246 g/mol. The standard InChI is InChI=1S/C9H14N2O4S/c1-6(8(13)14)10-7(12)2-3-11-4-5-16-9(11)15/h6H,2-5H2,1H3,(H,10,12)(H,13,14). The Hall–Kier alpha value is -1.24. The van der Waals surface area contributed by atoms with Gasteiger partial charge in [0, 0.05) is 25.3 Å². The van der Waals surface area contributed by atoms with Crippen molar-refractivity contribution in [1.29, 1.82) is 0 Å². The summed E-state index contributed by atoms with van der Waals surface area (Å²) in [5.41, 5.74) is 0. The van der Waals surface area contributed by atoms with Crippen LogP contribution in [0, 0.1) is 0 Å². The second kappa shape index (κ2) is 5.74. The lowest BCUT2D eigenvalue weighted by molar-refractivity contribution is -0.141. The van der Waals surface area contributed by atoms with Gasteiger partial charge in [0.25, 0.3) is 5.24 Å². The summed E-state index contributed by atoms with van der Waals surface area (Å²) >= 11 is 1.24. The number of carboxylic acids is 1. The quantitative estimate of drug-likeness (QED) is 0.720. The van der Waals surface area contributed by atoms with Crippen molar-refractivity contribution in [3.63, 3.8) is 0 Å². The number of carboxylic acid groups (broad SMARTS) is 1. The van der Waals surface area contributed by atoms with Crippen molar-refractivity contribution in [2.75, 3.05) is 18.8 Å². The molecule has 0 spiro atoms. The molecule has 1 heterocycles. The topological polar surface area (TPSA) is 86.7 Å². The fourth-order valence-electron chi connectivity index (χ4n) is 1.24. The van der Waals surface area contributed by atoms with E-state index in [1.165, 1.54) is 18.7 Å². The van der Waals surface area contributed by atoms with Gasteiger partial charge in [-0.15, -0.1) is 0 Å².